The van der Waals surface area contributed by atoms with Gasteiger partial charge in [-0.1, -0.05) is 24.3 Å². The second-order valence-electron chi connectivity index (χ2n) is 7.96. The molecule has 2 fully saturated rings. The summed E-state index contributed by atoms with van der Waals surface area (Å²) in [6, 6.07) is 12.9. The first-order valence-corrected chi connectivity index (χ1v) is 11.6. The zero-order chi connectivity index (χ0) is 20.8. The minimum Gasteiger partial charge on any atom is -0.496 e. The Bertz CT molecular complexity index is 1050. The number of piperazine rings is 1. The van der Waals surface area contributed by atoms with E-state index < -0.39 is 9.84 Å². The number of carbonyl (C=O) groups excluding carboxylic acids is 1. The summed E-state index contributed by atoms with van der Waals surface area (Å²) in [7, 11) is -1.60. The number of rotatable bonds is 4. The molecule has 0 bridgehead atoms. The predicted octanol–water partition coefficient (Wildman–Crippen LogP) is 2.33. The van der Waals surface area contributed by atoms with E-state index in [4.69, 9.17) is 4.74 Å². The second-order valence-corrected chi connectivity index (χ2v) is 10.1. The van der Waals surface area contributed by atoms with Crippen molar-refractivity contribution in [2.24, 2.45) is 0 Å². The van der Waals surface area contributed by atoms with Gasteiger partial charge in [-0.3, -0.25) is 9.69 Å². The highest BCUT2D eigenvalue weighted by atomic mass is 32.2. The summed E-state index contributed by atoms with van der Waals surface area (Å²) >= 11 is 0. The van der Waals surface area contributed by atoms with Crippen molar-refractivity contribution >= 4 is 21.4 Å². The van der Waals surface area contributed by atoms with E-state index in [-0.39, 0.29) is 36.0 Å². The lowest BCUT2D eigenvalue weighted by atomic mass is 10.0. The lowest BCUT2D eigenvalue weighted by molar-refractivity contribution is -0.123. The molecule has 0 N–H and O–H groups in total. The monoisotopic (exact) mass is 414 g/mol. The van der Waals surface area contributed by atoms with Crippen LogP contribution in [0.3, 0.4) is 0 Å². The first-order chi connectivity index (χ1) is 13.8. The van der Waals surface area contributed by atoms with E-state index in [0.29, 0.717) is 6.54 Å². The summed E-state index contributed by atoms with van der Waals surface area (Å²) in [6.45, 7) is 4.69. The molecule has 0 radical (unpaired) electrons. The smallest absolute Gasteiger partial charge is 0.241 e. The maximum Gasteiger partial charge on any atom is 0.241 e. The molecule has 0 saturated carbocycles. The lowest BCUT2D eigenvalue weighted by Gasteiger charge is -2.43. The van der Waals surface area contributed by atoms with Gasteiger partial charge >= 0.3 is 0 Å². The average molecular weight is 415 g/mol. The number of anilines is 1. The van der Waals surface area contributed by atoms with Gasteiger partial charge < -0.3 is 9.64 Å². The number of benzene rings is 2. The molecule has 0 aromatic heterocycles. The van der Waals surface area contributed by atoms with Gasteiger partial charge in [-0.2, -0.15) is 0 Å². The van der Waals surface area contributed by atoms with Gasteiger partial charge in [-0.15, -0.1) is 0 Å². The molecule has 154 valence electrons. The summed E-state index contributed by atoms with van der Waals surface area (Å²) in [5, 5.41) is 0. The zero-order valence-corrected chi connectivity index (χ0v) is 17.8. The Morgan fingerprint density at radius 2 is 1.76 bits per heavy atom. The molecule has 6 nitrogen and oxygen atoms in total. The Morgan fingerprint density at radius 1 is 1.03 bits per heavy atom. The fraction of sp³-hybridized carbons (Fsp3) is 0.409. The van der Waals surface area contributed by atoms with Crippen LogP contribution in [0.25, 0.3) is 0 Å². The van der Waals surface area contributed by atoms with Gasteiger partial charge in [0.15, 0.2) is 9.84 Å². The molecular weight excluding hydrogens is 388 g/mol. The predicted molar refractivity (Wildman–Crippen MR) is 113 cm³/mol. The van der Waals surface area contributed by atoms with E-state index >= 15 is 0 Å². The van der Waals surface area contributed by atoms with Crippen LogP contribution in [0.2, 0.25) is 0 Å². The van der Waals surface area contributed by atoms with E-state index in [1.807, 2.05) is 61.2 Å². The molecule has 4 rings (SSSR count). The van der Waals surface area contributed by atoms with Crippen molar-refractivity contribution in [3.8, 4) is 5.75 Å². The number of hydrogen-bond acceptors (Lipinski definition) is 5. The molecular formula is C22H26N2O4S. The number of methoxy groups -OCH3 is 1. The Balaban J connectivity index is 1.69. The summed E-state index contributed by atoms with van der Waals surface area (Å²) in [5.41, 5.74) is 3.96. The van der Waals surface area contributed by atoms with E-state index in [2.05, 4.69) is 0 Å². The van der Waals surface area contributed by atoms with Gasteiger partial charge in [0.25, 0.3) is 0 Å². The SMILES string of the molecule is COc1ccccc1CN1CC(=O)N(c2ccc(C)c(C)c2)C2CS(=O)(=O)CC21. The molecule has 2 saturated heterocycles. The van der Waals surface area contributed by atoms with Crippen LogP contribution in [-0.2, 0) is 21.2 Å². The van der Waals surface area contributed by atoms with Crippen LogP contribution in [0.1, 0.15) is 16.7 Å². The minimum atomic E-state index is -3.22. The van der Waals surface area contributed by atoms with Crippen LogP contribution in [0.15, 0.2) is 42.5 Å². The van der Waals surface area contributed by atoms with Crippen LogP contribution < -0.4 is 9.64 Å². The number of para-hydroxylation sites is 1. The lowest BCUT2D eigenvalue weighted by Crippen LogP contribution is -2.61. The number of nitrogens with zero attached hydrogens (tertiary/aromatic N) is 2. The molecule has 2 unspecified atom stereocenters. The third-order valence-corrected chi connectivity index (χ3v) is 7.73. The Morgan fingerprint density at radius 3 is 2.48 bits per heavy atom. The van der Waals surface area contributed by atoms with Crippen molar-refractivity contribution in [3.63, 3.8) is 0 Å². The third kappa shape index (κ3) is 3.76. The Hall–Kier alpha value is -2.38. The molecule has 29 heavy (non-hydrogen) atoms. The molecule has 2 aliphatic heterocycles. The highest BCUT2D eigenvalue weighted by molar-refractivity contribution is 7.91. The maximum absolute atomic E-state index is 13.2. The zero-order valence-electron chi connectivity index (χ0n) is 17.0. The molecule has 2 heterocycles. The quantitative estimate of drug-likeness (QED) is 0.768. The normalized spacial score (nSPS) is 23.8. The largest absolute Gasteiger partial charge is 0.496 e. The molecule has 1 amide bonds. The van der Waals surface area contributed by atoms with Crippen molar-refractivity contribution in [1.29, 1.82) is 0 Å². The van der Waals surface area contributed by atoms with Gasteiger partial charge in [0.1, 0.15) is 5.75 Å². The fourth-order valence-corrected chi connectivity index (χ4v) is 6.38. The summed E-state index contributed by atoms with van der Waals surface area (Å²) in [4.78, 5) is 16.9. The fourth-order valence-electron chi connectivity index (χ4n) is 4.39. The molecule has 0 aliphatic carbocycles. The minimum absolute atomic E-state index is 0.00123. The molecule has 7 heteroatoms. The van der Waals surface area contributed by atoms with Crippen LogP contribution in [0.5, 0.6) is 5.75 Å². The summed E-state index contributed by atoms with van der Waals surface area (Å²) < 4.78 is 30.5. The van der Waals surface area contributed by atoms with Gasteiger partial charge in [-0.05, 0) is 43.2 Å². The van der Waals surface area contributed by atoms with Gasteiger partial charge in [0, 0.05) is 23.8 Å². The maximum atomic E-state index is 13.2. The number of ether oxygens (including phenoxy) is 1. The summed E-state index contributed by atoms with van der Waals surface area (Å²) in [6.07, 6.45) is 0. The number of sulfone groups is 1. The molecule has 0 spiro atoms. The van der Waals surface area contributed by atoms with Crippen molar-refractivity contribution in [2.75, 3.05) is 30.1 Å². The average Bonchev–Trinajstić information content (AvgIpc) is 3.00. The van der Waals surface area contributed by atoms with Gasteiger partial charge in [-0.25, -0.2) is 8.42 Å². The van der Waals surface area contributed by atoms with Crippen molar-refractivity contribution < 1.29 is 17.9 Å². The van der Waals surface area contributed by atoms with E-state index in [9.17, 15) is 13.2 Å². The number of carbonyl (C=O) groups is 1. The van der Waals surface area contributed by atoms with Crippen LogP contribution >= 0.6 is 0 Å². The molecule has 2 aromatic rings. The topological polar surface area (TPSA) is 66.9 Å². The molecule has 2 atom stereocenters. The highest BCUT2D eigenvalue weighted by Crippen LogP contribution is 2.34. The molecule has 2 aliphatic rings. The second kappa shape index (κ2) is 7.46. The first-order valence-electron chi connectivity index (χ1n) is 9.75. The summed E-state index contributed by atoms with van der Waals surface area (Å²) in [5.74, 6) is 0.746. The highest BCUT2D eigenvalue weighted by Gasteiger charge is 2.49. The Kier molecular flexibility index (Phi) is 5.12. The van der Waals surface area contributed by atoms with Crippen LogP contribution in [0, 0.1) is 13.8 Å². The van der Waals surface area contributed by atoms with E-state index in [1.54, 1.807) is 12.0 Å². The first kappa shape index (κ1) is 19.9. The van der Waals surface area contributed by atoms with Crippen LogP contribution in [0.4, 0.5) is 5.69 Å². The molecule has 2 aromatic carbocycles. The van der Waals surface area contributed by atoms with Crippen molar-refractivity contribution in [3.05, 3.63) is 59.2 Å². The standard InChI is InChI=1S/C22H26N2O4S/c1-15-8-9-18(10-16(15)2)24-20-14-29(26,27)13-19(20)23(12-22(24)25)11-17-6-4-5-7-21(17)28-3/h4-10,19-20H,11-14H2,1-3H3. The number of amides is 1. The van der Waals surface area contributed by atoms with Crippen LogP contribution in [-0.4, -0.2) is 56.5 Å². The number of hydrogen-bond donors (Lipinski definition) is 0. The van der Waals surface area contributed by atoms with Crippen molar-refractivity contribution in [2.45, 2.75) is 32.5 Å². The Labute approximate surface area is 172 Å². The third-order valence-electron chi connectivity index (χ3n) is 6.04. The van der Waals surface area contributed by atoms with E-state index in [1.165, 1.54) is 0 Å². The van der Waals surface area contributed by atoms with Crippen molar-refractivity contribution in [1.82, 2.24) is 4.90 Å². The number of fused-ring (bicyclic) bond motifs is 1. The van der Waals surface area contributed by atoms with Gasteiger partial charge in [0.2, 0.25) is 5.91 Å². The van der Waals surface area contributed by atoms with E-state index in [0.717, 1.165) is 28.1 Å². The van der Waals surface area contributed by atoms with Gasteiger partial charge in [0.05, 0.1) is 31.2 Å². The number of aryl methyl sites for hydroxylation is 2.